The lowest BCUT2D eigenvalue weighted by atomic mass is 9.72. The van der Waals surface area contributed by atoms with Gasteiger partial charge in [-0.15, -0.1) is 0 Å². The fourth-order valence-corrected chi connectivity index (χ4v) is 4.65. The van der Waals surface area contributed by atoms with Gasteiger partial charge in [-0.05, 0) is 88.5 Å². The van der Waals surface area contributed by atoms with Crippen LogP contribution < -0.4 is 0 Å². The van der Waals surface area contributed by atoms with Crippen molar-refractivity contribution >= 4 is 0 Å². The highest BCUT2D eigenvalue weighted by atomic mass is 15.2. The molecule has 0 bridgehead atoms. The summed E-state index contributed by atoms with van der Waals surface area (Å²) in [4.78, 5) is 10.1. The number of aryl methyl sites for hydroxylation is 1. The predicted octanol–water partition coefficient (Wildman–Crippen LogP) is 3.48. The Morgan fingerprint density at radius 3 is 2.65 bits per heavy atom. The van der Waals surface area contributed by atoms with Gasteiger partial charge in [-0.25, -0.2) is 0 Å². The minimum Gasteiger partial charge on any atom is -0.303 e. The zero-order chi connectivity index (χ0) is 15.7. The first-order chi connectivity index (χ1) is 11.2. The Bertz CT molecular complexity index is 529. The molecule has 3 heterocycles. The lowest BCUT2D eigenvalue weighted by molar-refractivity contribution is 0.0191. The molecular formula is C20H31N3. The van der Waals surface area contributed by atoms with Crippen molar-refractivity contribution in [1.29, 1.82) is 0 Å². The molecule has 3 nitrogen and oxygen atoms in total. The molecule has 3 aliphatic rings. The molecule has 2 saturated heterocycles. The molecule has 2 aliphatic heterocycles. The molecule has 1 aromatic heterocycles. The Morgan fingerprint density at radius 2 is 1.91 bits per heavy atom. The number of hydrogen-bond acceptors (Lipinski definition) is 3. The van der Waals surface area contributed by atoms with Crippen LogP contribution in [0.3, 0.4) is 0 Å². The smallest absolute Gasteiger partial charge is 0.0547 e. The van der Waals surface area contributed by atoms with Crippen molar-refractivity contribution in [2.45, 2.75) is 52.0 Å². The van der Waals surface area contributed by atoms with E-state index in [1.807, 2.05) is 0 Å². The van der Waals surface area contributed by atoms with Crippen molar-refractivity contribution in [3.8, 4) is 0 Å². The summed E-state index contributed by atoms with van der Waals surface area (Å²) < 4.78 is 0. The molecule has 0 amide bonds. The van der Waals surface area contributed by atoms with Crippen LogP contribution in [-0.4, -0.2) is 47.5 Å². The van der Waals surface area contributed by atoms with Gasteiger partial charge in [0.15, 0.2) is 0 Å². The van der Waals surface area contributed by atoms with E-state index in [1.54, 1.807) is 0 Å². The zero-order valence-electron chi connectivity index (χ0n) is 14.6. The molecule has 0 N–H and O–H groups in total. The third-order valence-electron chi connectivity index (χ3n) is 6.20. The van der Waals surface area contributed by atoms with Crippen molar-refractivity contribution in [2.75, 3.05) is 32.7 Å². The first kappa shape index (κ1) is 15.6. The fraction of sp³-hybridized carbons (Fsp3) is 0.750. The second-order valence-corrected chi connectivity index (χ2v) is 8.33. The van der Waals surface area contributed by atoms with Crippen LogP contribution in [0, 0.1) is 18.3 Å². The molecule has 0 unspecified atom stereocenters. The molecular weight excluding hydrogens is 282 g/mol. The largest absolute Gasteiger partial charge is 0.303 e. The van der Waals surface area contributed by atoms with E-state index in [-0.39, 0.29) is 0 Å². The standard InChI is InChI=1S/C20H31N3/c1-17-4-2-5-19(21-17)15-23-11-3-8-20(16-23)9-12-22(13-10-20)14-18-6-7-18/h2,4-5,18H,3,6-16H2,1H3. The molecule has 0 atom stereocenters. The molecule has 23 heavy (non-hydrogen) atoms. The number of hydrogen-bond donors (Lipinski definition) is 0. The van der Waals surface area contributed by atoms with Crippen molar-refractivity contribution in [2.24, 2.45) is 11.3 Å². The van der Waals surface area contributed by atoms with Gasteiger partial charge in [-0.1, -0.05) is 6.07 Å². The highest BCUT2D eigenvalue weighted by molar-refractivity contribution is 5.10. The quantitative estimate of drug-likeness (QED) is 0.848. The van der Waals surface area contributed by atoms with Gasteiger partial charge < -0.3 is 4.90 Å². The lowest BCUT2D eigenvalue weighted by Crippen LogP contribution is -2.49. The third-order valence-corrected chi connectivity index (χ3v) is 6.20. The summed E-state index contributed by atoms with van der Waals surface area (Å²) in [5, 5.41) is 0. The van der Waals surface area contributed by atoms with Crippen LogP contribution in [0.15, 0.2) is 18.2 Å². The van der Waals surface area contributed by atoms with Crippen LogP contribution in [-0.2, 0) is 6.54 Å². The molecule has 3 heteroatoms. The summed E-state index contributed by atoms with van der Waals surface area (Å²) in [6.07, 6.45) is 8.61. The maximum absolute atomic E-state index is 4.70. The molecule has 0 aromatic carbocycles. The molecule has 4 rings (SSSR count). The SMILES string of the molecule is Cc1cccc(CN2CCCC3(CCN(CC4CC4)CC3)C2)n1. The summed E-state index contributed by atoms with van der Waals surface area (Å²) in [6, 6.07) is 6.43. The van der Waals surface area contributed by atoms with Crippen LogP contribution in [0.4, 0.5) is 0 Å². The Kier molecular flexibility index (Phi) is 4.42. The monoisotopic (exact) mass is 313 g/mol. The summed E-state index contributed by atoms with van der Waals surface area (Å²) in [7, 11) is 0. The molecule has 0 radical (unpaired) electrons. The Hall–Kier alpha value is -0.930. The van der Waals surface area contributed by atoms with E-state index in [0.717, 1.165) is 18.2 Å². The summed E-state index contributed by atoms with van der Waals surface area (Å²) >= 11 is 0. The van der Waals surface area contributed by atoms with Gasteiger partial charge in [0.2, 0.25) is 0 Å². The Morgan fingerprint density at radius 1 is 1.09 bits per heavy atom. The zero-order valence-corrected chi connectivity index (χ0v) is 14.6. The van der Waals surface area contributed by atoms with Crippen LogP contribution in [0.5, 0.6) is 0 Å². The summed E-state index contributed by atoms with van der Waals surface area (Å²) in [6.45, 7) is 9.74. The van der Waals surface area contributed by atoms with Gasteiger partial charge in [0.1, 0.15) is 0 Å². The number of likely N-dealkylation sites (tertiary alicyclic amines) is 2. The van der Waals surface area contributed by atoms with Gasteiger partial charge in [0.05, 0.1) is 5.69 Å². The van der Waals surface area contributed by atoms with Crippen molar-refractivity contribution < 1.29 is 0 Å². The van der Waals surface area contributed by atoms with E-state index in [2.05, 4.69) is 34.9 Å². The Labute approximate surface area is 141 Å². The summed E-state index contributed by atoms with van der Waals surface area (Å²) in [5.41, 5.74) is 2.98. The highest BCUT2D eigenvalue weighted by Gasteiger charge is 2.39. The second-order valence-electron chi connectivity index (χ2n) is 8.33. The van der Waals surface area contributed by atoms with Gasteiger partial charge in [0, 0.05) is 25.3 Å². The summed E-state index contributed by atoms with van der Waals surface area (Å²) in [5.74, 6) is 1.04. The molecule has 126 valence electrons. The predicted molar refractivity (Wildman–Crippen MR) is 94.3 cm³/mol. The Balaban J connectivity index is 1.33. The van der Waals surface area contributed by atoms with E-state index in [0.29, 0.717) is 5.41 Å². The van der Waals surface area contributed by atoms with E-state index in [4.69, 9.17) is 4.98 Å². The minimum absolute atomic E-state index is 0.599. The average Bonchev–Trinajstić information content (AvgIpc) is 3.34. The first-order valence-corrected chi connectivity index (χ1v) is 9.58. The number of aromatic nitrogens is 1. The first-order valence-electron chi connectivity index (χ1n) is 9.58. The van der Waals surface area contributed by atoms with Crippen LogP contribution in [0.25, 0.3) is 0 Å². The van der Waals surface area contributed by atoms with E-state index in [1.165, 1.54) is 76.9 Å². The number of nitrogens with zero attached hydrogens (tertiary/aromatic N) is 3. The molecule has 1 aromatic rings. The van der Waals surface area contributed by atoms with Gasteiger partial charge in [-0.3, -0.25) is 9.88 Å². The maximum atomic E-state index is 4.70. The number of pyridine rings is 1. The molecule has 1 aliphatic carbocycles. The van der Waals surface area contributed by atoms with Crippen molar-refractivity contribution in [3.05, 3.63) is 29.6 Å². The third kappa shape index (κ3) is 3.95. The van der Waals surface area contributed by atoms with Gasteiger partial charge >= 0.3 is 0 Å². The highest BCUT2D eigenvalue weighted by Crippen LogP contribution is 2.41. The maximum Gasteiger partial charge on any atom is 0.0547 e. The van der Waals surface area contributed by atoms with E-state index in [9.17, 15) is 0 Å². The van der Waals surface area contributed by atoms with Gasteiger partial charge in [0.25, 0.3) is 0 Å². The normalized spacial score (nSPS) is 25.8. The molecule has 1 spiro atoms. The molecule has 1 saturated carbocycles. The van der Waals surface area contributed by atoms with E-state index < -0.39 is 0 Å². The topological polar surface area (TPSA) is 19.4 Å². The minimum atomic E-state index is 0.599. The second kappa shape index (κ2) is 6.52. The molecule has 3 fully saturated rings. The fourth-order valence-electron chi connectivity index (χ4n) is 4.65. The van der Waals surface area contributed by atoms with Crippen molar-refractivity contribution in [3.63, 3.8) is 0 Å². The van der Waals surface area contributed by atoms with E-state index >= 15 is 0 Å². The van der Waals surface area contributed by atoms with Crippen LogP contribution in [0.1, 0.15) is 49.9 Å². The van der Waals surface area contributed by atoms with Crippen LogP contribution in [0.2, 0.25) is 0 Å². The average molecular weight is 313 g/mol. The lowest BCUT2D eigenvalue weighted by Gasteiger charge is -2.47. The number of piperidine rings is 2. The van der Waals surface area contributed by atoms with Gasteiger partial charge in [-0.2, -0.15) is 0 Å². The number of rotatable bonds is 4. The van der Waals surface area contributed by atoms with Crippen LogP contribution >= 0.6 is 0 Å². The van der Waals surface area contributed by atoms with Crippen molar-refractivity contribution in [1.82, 2.24) is 14.8 Å².